The maximum atomic E-state index is 5.69. The van der Waals surface area contributed by atoms with E-state index >= 15 is 0 Å². The number of fused-ring (bicyclic) bond motifs is 2. The molecule has 2 aromatic carbocycles. The molecule has 0 aliphatic carbocycles. The van der Waals surface area contributed by atoms with E-state index in [1.807, 2.05) is 7.05 Å². The quantitative estimate of drug-likeness (QED) is 0.716. The van der Waals surface area contributed by atoms with Crippen molar-refractivity contribution >= 4 is 23.3 Å². The van der Waals surface area contributed by atoms with Crippen molar-refractivity contribution in [1.82, 2.24) is 9.13 Å². The van der Waals surface area contributed by atoms with Gasteiger partial charge < -0.3 is 18.9 Å². The normalized spacial score (nSPS) is 16.5. The average Bonchev–Trinajstić information content (AvgIpc) is 2.92. The van der Waals surface area contributed by atoms with Gasteiger partial charge in [-0.05, 0) is 42.0 Å². The highest BCUT2D eigenvalue weighted by Gasteiger charge is 2.23. The van der Waals surface area contributed by atoms with Crippen molar-refractivity contribution < 1.29 is 14.4 Å². The molecule has 26 heavy (non-hydrogen) atoms. The van der Waals surface area contributed by atoms with Crippen LogP contribution < -0.4 is 14.4 Å². The van der Waals surface area contributed by atoms with Crippen molar-refractivity contribution in [1.29, 1.82) is 0 Å². The Labute approximate surface area is 158 Å². The van der Waals surface area contributed by atoms with Gasteiger partial charge in [0.2, 0.25) is 0 Å². The minimum absolute atomic E-state index is 0.800. The standard InChI is InChI=1S/C20H23N3O2S/c1-21-16-6-4-5-7-17(16)23(20(21)26)13-22-9-8-14-10-18(24-2)19(25-3)11-15(14)12-22/h4-7,10-11H,8-9,12-13H2,1-3H3/p+1. The van der Waals surface area contributed by atoms with E-state index in [4.69, 9.17) is 21.7 Å². The fourth-order valence-electron chi connectivity index (χ4n) is 3.90. The summed E-state index contributed by atoms with van der Waals surface area (Å²) in [6.07, 6.45) is 1.03. The Balaban J connectivity index is 1.65. The monoisotopic (exact) mass is 370 g/mol. The van der Waals surface area contributed by atoms with E-state index in [2.05, 4.69) is 45.5 Å². The Morgan fingerprint density at radius 1 is 1.04 bits per heavy atom. The maximum Gasteiger partial charge on any atom is 0.184 e. The van der Waals surface area contributed by atoms with Crippen molar-refractivity contribution in [2.24, 2.45) is 7.05 Å². The molecule has 5 nitrogen and oxygen atoms in total. The van der Waals surface area contributed by atoms with E-state index in [-0.39, 0.29) is 0 Å². The highest BCUT2D eigenvalue weighted by atomic mass is 32.1. The molecule has 136 valence electrons. The number of aromatic nitrogens is 2. The van der Waals surface area contributed by atoms with Crippen LogP contribution in [0.5, 0.6) is 11.5 Å². The molecule has 0 radical (unpaired) electrons. The van der Waals surface area contributed by atoms with Crippen LogP contribution in [0.15, 0.2) is 36.4 Å². The summed E-state index contributed by atoms with van der Waals surface area (Å²) in [7, 11) is 5.42. The fourth-order valence-corrected chi connectivity index (χ4v) is 4.17. The van der Waals surface area contributed by atoms with E-state index in [9.17, 15) is 0 Å². The van der Waals surface area contributed by atoms with Crippen LogP contribution in [0.4, 0.5) is 0 Å². The Morgan fingerprint density at radius 2 is 1.69 bits per heavy atom. The number of methoxy groups -OCH3 is 2. The highest BCUT2D eigenvalue weighted by molar-refractivity contribution is 7.71. The van der Waals surface area contributed by atoms with E-state index in [0.29, 0.717) is 0 Å². The van der Waals surface area contributed by atoms with Gasteiger partial charge in [-0.25, -0.2) is 0 Å². The van der Waals surface area contributed by atoms with E-state index in [1.54, 1.807) is 14.2 Å². The van der Waals surface area contributed by atoms with Gasteiger partial charge in [-0.1, -0.05) is 12.1 Å². The number of nitrogens with zero attached hydrogens (tertiary/aromatic N) is 2. The Kier molecular flexibility index (Phi) is 4.46. The summed E-state index contributed by atoms with van der Waals surface area (Å²) in [4.78, 5) is 1.50. The number of imidazole rings is 1. The number of hydrogen-bond acceptors (Lipinski definition) is 3. The molecule has 0 amide bonds. The molecule has 0 fully saturated rings. The Hall–Kier alpha value is -2.31. The smallest absolute Gasteiger partial charge is 0.184 e. The largest absolute Gasteiger partial charge is 0.493 e. The summed E-state index contributed by atoms with van der Waals surface area (Å²) in [6.45, 7) is 2.90. The van der Waals surface area contributed by atoms with Gasteiger partial charge >= 0.3 is 0 Å². The summed E-state index contributed by atoms with van der Waals surface area (Å²) < 4.78 is 16.1. The zero-order valence-electron chi connectivity index (χ0n) is 15.4. The third-order valence-corrected chi connectivity index (χ3v) is 5.82. The molecule has 0 bridgehead atoms. The molecule has 0 spiro atoms. The molecular weight excluding hydrogens is 346 g/mol. The molecule has 1 aromatic heterocycles. The molecule has 1 aliphatic rings. The molecule has 3 aromatic rings. The number of nitrogens with one attached hydrogen (secondary N) is 1. The van der Waals surface area contributed by atoms with Gasteiger partial charge in [0, 0.05) is 19.0 Å². The maximum absolute atomic E-state index is 5.69. The van der Waals surface area contributed by atoms with Gasteiger partial charge in [-0.15, -0.1) is 0 Å². The lowest BCUT2D eigenvalue weighted by Gasteiger charge is -2.27. The van der Waals surface area contributed by atoms with Gasteiger partial charge in [0.15, 0.2) is 22.9 Å². The second-order valence-electron chi connectivity index (χ2n) is 6.82. The van der Waals surface area contributed by atoms with Crippen LogP contribution in [-0.2, 0) is 26.7 Å². The van der Waals surface area contributed by atoms with E-state index < -0.39 is 0 Å². The number of ether oxygens (including phenoxy) is 2. The average molecular weight is 370 g/mol. The van der Waals surface area contributed by atoms with Gasteiger partial charge in [-0.3, -0.25) is 4.57 Å². The molecule has 1 aliphatic heterocycles. The first kappa shape index (κ1) is 17.1. The molecule has 1 atom stereocenters. The van der Waals surface area contributed by atoms with Crippen LogP contribution in [0.3, 0.4) is 0 Å². The molecule has 2 heterocycles. The van der Waals surface area contributed by atoms with Crippen molar-refractivity contribution in [2.45, 2.75) is 19.6 Å². The Bertz CT molecular complexity index is 1020. The second-order valence-corrected chi connectivity index (χ2v) is 7.18. The van der Waals surface area contributed by atoms with E-state index in [0.717, 1.165) is 42.4 Å². The molecule has 0 saturated heterocycles. The summed E-state index contributed by atoms with van der Waals surface area (Å²) in [5.74, 6) is 1.61. The van der Waals surface area contributed by atoms with Crippen LogP contribution in [0, 0.1) is 4.77 Å². The zero-order chi connectivity index (χ0) is 18.3. The highest BCUT2D eigenvalue weighted by Crippen LogP contribution is 2.31. The first-order valence-electron chi connectivity index (χ1n) is 8.84. The lowest BCUT2D eigenvalue weighted by atomic mass is 9.99. The van der Waals surface area contributed by atoms with Crippen molar-refractivity contribution in [2.75, 3.05) is 20.8 Å². The van der Waals surface area contributed by atoms with Crippen LogP contribution in [0.25, 0.3) is 11.0 Å². The van der Waals surface area contributed by atoms with Crippen molar-refractivity contribution in [3.05, 3.63) is 52.3 Å². The lowest BCUT2D eigenvalue weighted by Crippen LogP contribution is -3.11. The summed E-state index contributed by atoms with van der Waals surface area (Å²) in [5, 5.41) is 0. The molecule has 0 saturated carbocycles. The van der Waals surface area contributed by atoms with Crippen LogP contribution >= 0.6 is 12.2 Å². The zero-order valence-corrected chi connectivity index (χ0v) is 16.2. The Morgan fingerprint density at radius 3 is 2.38 bits per heavy atom. The van der Waals surface area contributed by atoms with Crippen LogP contribution in [0.2, 0.25) is 0 Å². The minimum atomic E-state index is 0.800. The lowest BCUT2D eigenvalue weighted by molar-refractivity contribution is -0.938. The second kappa shape index (κ2) is 6.78. The molecule has 1 N–H and O–H groups in total. The SMILES string of the molecule is COc1cc2c(cc1OC)C[NH+](Cn1c(=S)n(C)c3ccccc31)CC2. The molecular formula is C20H24N3O2S+. The third kappa shape index (κ3) is 2.79. The minimum Gasteiger partial charge on any atom is -0.493 e. The first-order chi connectivity index (χ1) is 12.6. The van der Waals surface area contributed by atoms with Crippen molar-refractivity contribution in [3.8, 4) is 11.5 Å². The molecule has 4 rings (SSSR count). The van der Waals surface area contributed by atoms with Crippen LogP contribution in [-0.4, -0.2) is 29.9 Å². The number of rotatable bonds is 4. The fraction of sp³-hybridized carbons (Fsp3) is 0.350. The first-order valence-corrected chi connectivity index (χ1v) is 9.24. The molecule has 1 unspecified atom stereocenters. The summed E-state index contributed by atoms with van der Waals surface area (Å²) in [6, 6.07) is 12.6. The summed E-state index contributed by atoms with van der Waals surface area (Å²) in [5.41, 5.74) is 5.06. The van der Waals surface area contributed by atoms with Gasteiger partial charge in [-0.2, -0.15) is 0 Å². The van der Waals surface area contributed by atoms with Gasteiger partial charge in [0.05, 0.1) is 31.8 Å². The number of para-hydroxylation sites is 2. The van der Waals surface area contributed by atoms with E-state index in [1.165, 1.54) is 27.1 Å². The van der Waals surface area contributed by atoms with Gasteiger partial charge in [0.25, 0.3) is 0 Å². The number of benzene rings is 2. The number of quaternary nitrogens is 1. The predicted octanol–water partition coefficient (Wildman–Crippen LogP) is 2.33. The number of hydrogen-bond donors (Lipinski definition) is 1. The topological polar surface area (TPSA) is 32.8 Å². The predicted molar refractivity (Wildman–Crippen MR) is 105 cm³/mol. The van der Waals surface area contributed by atoms with Gasteiger partial charge in [0.1, 0.15) is 6.54 Å². The summed E-state index contributed by atoms with van der Waals surface area (Å²) >= 11 is 5.69. The molecule has 6 heteroatoms. The third-order valence-electron chi connectivity index (χ3n) is 5.33. The van der Waals surface area contributed by atoms with Crippen molar-refractivity contribution in [3.63, 3.8) is 0 Å². The van der Waals surface area contributed by atoms with Crippen LogP contribution in [0.1, 0.15) is 11.1 Å². The number of aryl methyl sites for hydroxylation is 1.